The maximum Gasteiger partial charge on any atom is 0.321 e. The standard InChI is InChI=1S/C15H23N3O2S/c1-5-17-10(2)12-7-6-8-13(9-12)21-11(3)14(19)18-15(20)16-4/h6-11,17H,5H2,1-4H3,(H2,16,18,19,20). The average Bonchev–Trinajstić information content (AvgIpc) is 2.47. The van der Waals surface area contributed by atoms with Gasteiger partial charge in [0.25, 0.3) is 0 Å². The molecule has 0 saturated carbocycles. The van der Waals surface area contributed by atoms with E-state index in [4.69, 9.17) is 0 Å². The number of imide groups is 1. The van der Waals surface area contributed by atoms with Crippen molar-refractivity contribution in [2.24, 2.45) is 0 Å². The second-order valence-electron chi connectivity index (χ2n) is 4.68. The fourth-order valence-electron chi connectivity index (χ4n) is 1.81. The predicted octanol–water partition coefficient (Wildman–Crippen LogP) is 2.29. The van der Waals surface area contributed by atoms with Crippen LogP contribution < -0.4 is 16.0 Å². The highest BCUT2D eigenvalue weighted by atomic mass is 32.2. The SMILES string of the molecule is CCNC(C)c1cccc(SC(C)C(=O)NC(=O)NC)c1. The topological polar surface area (TPSA) is 70.2 Å². The zero-order valence-corrected chi connectivity index (χ0v) is 13.7. The van der Waals surface area contributed by atoms with Gasteiger partial charge >= 0.3 is 6.03 Å². The number of urea groups is 1. The van der Waals surface area contributed by atoms with Gasteiger partial charge in [-0.25, -0.2) is 4.79 Å². The van der Waals surface area contributed by atoms with E-state index < -0.39 is 6.03 Å². The van der Waals surface area contributed by atoms with Crippen molar-refractivity contribution in [3.8, 4) is 0 Å². The maximum atomic E-state index is 11.8. The van der Waals surface area contributed by atoms with Crippen LogP contribution in [0.25, 0.3) is 0 Å². The molecule has 0 aliphatic carbocycles. The van der Waals surface area contributed by atoms with Crippen LogP contribution in [0.5, 0.6) is 0 Å². The lowest BCUT2D eigenvalue weighted by atomic mass is 10.1. The molecule has 0 aliphatic heterocycles. The van der Waals surface area contributed by atoms with Crippen molar-refractivity contribution >= 4 is 23.7 Å². The van der Waals surface area contributed by atoms with Gasteiger partial charge < -0.3 is 10.6 Å². The summed E-state index contributed by atoms with van der Waals surface area (Å²) in [4.78, 5) is 24.0. The quantitative estimate of drug-likeness (QED) is 0.705. The summed E-state index contributed by atoms with van der Waals surface area (Å²) in [6.45, 7) is 6.86. The molecule has 0 saturated heterocycles. The molecule has 2 unspecified atom stereocenters. The molecule has 116 valence electrons. The van der Waals surface area contributed by atoms with E-state index in [1.807, 2.05) is 12.1 Å². The van der Waals surface area contributed by atoms with Gasteiger partial charge in [0.1, 0.15) is 0 Å². The smallest absolute Gasteiger partial charge is 0.321 e. The van der Waals surface area contributed by atoms with Gasteiger partial charge in [-0.15, -0.1) is 11.8 Å². The monoisotopic (exact) mass is 309 g/mol. The molecule has 0 aromatic heterocycles. The van der Waals surface area contributed by atoms with Crippen molar-refractivity contribution in [3.63, 3.8) is 0 Å². The minimum atomic E-state index is -0.484. The van der Waals surface area contributed by atoms with Crippen molar-refractivity contribution in [1.82, 2.24) is 16.0 Å². The van der Waals surface area contributed by atoms with Crippen LogP contribution in [0.1, 0.15) is 32.4 Å². The summed E-state index contributed by atoms with van der Waals surface area (Å²) < 4.78 is 0. The molecule has 1 aromatic carbocycles. The Labute approximate surface area is 130 Å². The first kappa shape index (κ1) is 17.5. The Morgan fingerprint density at radius 2 is 2.00 bits per heavy atom. The lowest BCUT2D eigenvalue weighted by Gasteiger charge is -2.15. The van der Waals surface area contributed by atoms with E-state index >= 15 is 0 Å². The molecule has 0 radical (unpaired) electrons. The van der Waals surface area contributed by atoms with Crippen LogP contribution in [0, 0.1) is 0 Å². The van der Waals surface area contributed by atoms with Crippen LogP contribution in [0.2, 0.25) is 0 Å². The van der Waals surface area contributed by atoms with E-state index in [0.717, 1.165) is 11.4 Å². The fraction of sp³-hybridized carbons (Fsp3) is 0.467. The Bertz CT molecular complexity index is 494. The molecule has 0 aliphatic rings. The van der Waals surface area contributed by atoms with Gasteiger partial charge in [-0.2, -0.15) is 0 Å². The molecule has 3 N–H and O–H groups in total. The number of hydrogen-bond donors (Lipinski definition) is 3. The van der Waals surface area contributed by atoms with Crippen molar-refractivity contribution in [1.29, 1.82) is 0 Å². The van der Waals surface area contributed by atoms with Crippen molar-refractivity contribution in [2.75, 3.05) is 13.6 Å². The van der Waals surface area contributed by atoms with E-state index in [1.165, 1.54) is 24.4 Å². The Morgan fingerprint density at radius 1 is 1.29 bits per heavy atom. The highest BCUT2D eigenvalue weighted by Gasteiger charge is 2.16. The third-order valence-corrected chi connectivity index (χ3v) is 4.11. The lowest BCUT2D eigenvalue weighted by Crippen LogP contribution is -2.41. The Hall–Kier alpha value is -1.53. The number of hydrogen-bond acceptors (Lipinski definition) is 4. The van der Waals surface area contributed by atoms with Crippen LogP contribution >= 0.6 is 11.8 Å². The second-order valence-corrected chi connectivity index (χ2v) is 6.09. The van der Waals surface area contributed by atoms with Crippen LogP contribution in [-0.4, -0.2) is 30.8 Å². The number of benzene rings is 1. The average molecular weight is 309 g/mol. The first-order valence-corrected chi connectivity index (χ1v) is 7.88. The van der Waals surface area contributed by atoms with E-state index in [-0.39, 0.29) is 17.2 Å². The molecule has 0 spiro atoms. The summed E-state index contributed by atoms with van der Waals surface area (Å²) in [6, 6.07) is 7.87. The zero-order chi connectivity index (χ0) is 15.8. The number of thioether (sulfide) groups is 1. The van der Waals surface area contributed by atoms with E-state index in [2.05, 4.69) is 41.9 Å². The summed E-state index contributed by atoms with van der Waals surface area (Å²) in [5.41, 5.74) is 1.18. The minimum absolute atomic E-state index is 0.269. The molecule has 5 nitrogen and oxygen atoms in total. The highest BCUT2D eigenvalue weighted by Crippen LogP contribution is 2.26. The number of amides is 3. The molecule has 2 atom stereocenters. The normalized spacial score (nSPS) is 13.3. The zero-order valence-electron chi connectivity index (χ0n) is 12.9. The van der Waals surface area contributed by atoms with Crippen LogP contribution in [-0.2, 0) is 4.79 Å². The first-order valence-electron chi connectivity index (χ1n) is 7.00. The minimum Gasteiger partial charge on any atom is -0.341 e. The maximum absolute atomic E-state index is 11.8. The van der Waals surface area contributed by atoms with Crippen LogP contribution in [0.4, 0.5) is 4.79 Å². The third-order valence-electron chi connectivity index (χ3n) is 3.01. The van der Waals surface area contributed by atoms with Crippen molar-refractivity contribution < 1.29 is 9.59 Å². The van der Waals surface area contributed by atoms with Gasteiger partial charge in [-0.1, -0.05) is 19.1 Å². The van der Waals surface area contributed by atoms with Crippen molar-refractivity contribution in [3.05, 3.63) is 29.8 Å². The summed E-state index contributed by atoms with van der Waals surface area (Å²) in [7, 11) is 1.48. The van der Waals surface area contributed by atoms with Gasteiger partial charge in [0.2, 0.25) is 5.91 Å². The van der Waals surface area contributed by atoms with Crippen LogP contribution in [0.15, 0.2) is 29.2 Å². The van der Waals surface area contributed by atoms with E-state index in [1.54, 1.807) is 6.92 Å². The molecule has 3 amide bonds. The summed E-state index contributed by atoms with van der Waals surface area (Å²) in [5.74, 6) is -0.301. The molecule has 1 aromatic rings. The number of carbonyl (C=O) groups is 2. The number of rotatable bonds is 6. The number of carbonyl (C=O) groups excluding carboxylic acids is 2. The third kappa shape index (κ3) is 5.77. The van der Waals surface area contributed by atoms with Gasteiger partial charge in [0, 0.05) is 18.0 Å². The highest BCUT2D eigenvalue weighted by molar-refractivity contribution is 8.00. The molecule has 0 bridgehead atoms. The van der Waals surface area contributed by atoms with Gasteiger partial charge in [-0.05, 0) is 38.1 Å². The molecule has 0 fully saturated rings. The fourth-order valence-corrected chi connectivity index (χ4v) is 2.75. The van der Waals surface area contributed by atoms with Gasteiger partial charge in [0.05, 0.1) is 5.25 Å². The summed E-state index contributed by atoms with van der Waals surface area (Å²) in [5, 5.41) is 7.67. The molecule has 21 heavy (non-hydrogen) atoms. The van der Waals surface area contributed by atoms with Gasteiger partial charge in [0.15, 0.2) is 0 Å². The largest absolute Gasteiger partial charge is 0.341 e. The van der Waals surface area contributed by atoms with E-state index in [0.29, 0.717) is 0 Å². The lowest BCUT2D eigenvalue weighted by molar-refractivity contribution is -0.119. The first-order chi connectivity index (χ1) is 9.97. The van der Waals surface area contributed by atoms with Crippen molar-refractivity contribution in [2.45, 2.75) is 37.0 Å². The Kier molecular flexibility index (Phi) is 7.25. The van der Waals surface area contributed by atoms with E-state index in [9.17, 15) is 9.59 Å². The summed E-state index contributed by atoms with van der Waals surface area (Å²) in [6.07, 6.45) is 0. The van der Waals surface area contributed by atoms with Crippen LogP contribution in [0.3, 0.4) is 0 Å². The molecular weight excluding hydrogens is 286 g/mol. The Morgan fingerprint density at radius 3 is 2.62 bits per heavy atom. The molecular formula is C15H23N3O2S. The predicted molar refractivity (Wildman–Crippen MR) is 86.5 cm³/mol. The molecule has 0 heterocycles. The molecule has 1 rings (SSSR count). The second kappa shape index (κ2) is 8.69. The Balaban J connectivity index is 2.67. The summed E-state index contributed by atoms with van der Waals surface area (Å²) >= 11 is 1.43. The van der Waals surface area contributed by atoms with Gasteiger partial charge in [-0.3, -0.25) is 10.1 Å². The molecule has 6 heteroatoms. The number of nitrogens with one attached hydrogen (secondary N) is 3.